The highest BCUT2D eigenvalue weighted by atomic mass is 35.5. The summed E-state index contributed by atoms with van der Waals surface area (Å²) in [6.07, 6.45) is 1.85. The van der Waals surface area contributed by atoms with Crippen LogP contribution in [0.5, 0.6) is 0 Å². The Balaban J connectivity index is 1.59. The second-order valence-corrected chi connectivity index (χ2v) is 7.84. The molecular formula is C17H18Cl2N4O2S. The van der Waals surface area contributed by atoms with E-state index in [1.807, 2.05) is 0 Å². The van der Waals surface area contributed by atoms with Gasteiger partial charge in [0.2, 0.25) is 0 Å². The van der Waals surface area contributed by atoms with Crippen molar-refractivity contribution in [2.24, 2.45) is 0 Å². The summed E-state index contributed by atoms with van der Waals surface area (Å²) in [5.74, 6) is -0.578. The van der Waals surface area contributed by atoms with Gasteiger partial charge in [-0.15, -0.1) is 11.3 Å². The van der Waals surface area contributed by atoms with Crippen molar-refractivity contribution in [3.8, 4) is 0 Å². The predicted octanol–water partition coefficient (Wildman–Crippen LogP) is 3.53. The summed E-state index contributed by atoms with van der Waals surface area (Å²) < 4.78 is 0. The van der Waals surface area contributed by atoms with E-state index in [9.17, 15) is 9.59 Å². The van der Waals surface area contributed by atoms with Crippen LogP contribution in [0.1, 0.15) is 33.7 Å². The Morgan fingerprint density at radius 2 is 1.92 bits per heavy atom. The van der Waals surface area contributed by atoms with Crippen LogP contribution in [0.2, 0.25) is 10.0 Å². The summed E-state index contributed by atoms with van der Waals surface area (Å²) >= 11 is 13.0. The first kappa shape index (κ1) is 19.1. The van der Waals surface area contributed by atoms with E-state index in [1.54, 1.807) is 17.5 Å². The van der Waals surface area contributed by atoms with Gasteiger partial charge >= 0.3 is 0 Å². The number of piperidine rings is 1. The number of benzene rings is 1. The van der Waals surface area contributed by atoms with Crippen LogP contribution in [0.3, 0.4) is 0 Å². The molecule has 6 nitrogen and oxygen atoms in total. The van der Waals surface area contributed by atoms with Gasteiger partial charge in [0.1, 0.15) is 5.69 Å². The number of rotatable bonds is 4. The van der Waals surface area contributed by atoms with Crippen LogP contribution >= 0.6 is 34.5 Å². The number of carbonyl (C=O) groups excluding carboxylic acids is 2. The molecule has 2 aromatic rings. The van der Waals surface area contributed by atoms with E-state index in [0.29, 0.717) is 26.4 Å². The van der Waals surface area contributed by atoms with E-state index in [2.05, 4.69) is 27.6 Å². The lowest BCUT2D eigenvalue weighted by Crippen LogP contribution is -2.43. The Morgan fingerprint density at radius 3 is 2.62 bits per heavy atom. The Bertz CT molecular complexity index is 819. The smallest absolute Gasteiger partial charge is 0.271 e. The third kappa shape index (κ3) is 4.73. The van der Waals surface area contributed by atoms with E-state index < -0.39 is 0 Å². The zero-order chi connectivity index (χ0) is 18.7. The van der Waals surface area contributed by atoms with Gasteiger partial charge < -0.3 is 10.2 Å². The second kappa shape index (κ2) is 8.35. The summed E-state index contributed by atoms with van der Waals surface area (Å²) in [7, 11) is 2.07. The molecule has 1 saturated heterocycles. The van der Waals surface area contributed by atoms with Gasteiger partial charge in [0.25, 0.3) is 11.8 Å². The van der Waals surface area contributed by atoms with E-state index in [4.69, 9.17) is 23.2 Å². The van der Waals surface area contributed by atoms with Gasteiger partial charge in [-0.1, -0.05) is 23.2 Å². The third-order valence-electron chi connectivity index (χ3n) is 4.19. The zero-order valence-electron chi connectivity index (χ0n) is 14.1. The molecule has 1 aliphatic rings. The highest BCUT2D eigenvalue weighted by molar-refractivity contribution is 7.14. The maximum absolute atomic E-state index is 12.3. The number of hydrogen-bond acceptors (Lipinski definition) is 5. The Labute approximate surface area is 165 Å². The molecule has 0 bridgehead atoms. The minimum atomic E-state index is -0.361. The van der Waals surface area contributed by atoms with Crippen molar-refractivity contribution in [1.82, 2.24) is 15.2 Å². The van der Waals surface area contributed by atoms with Crippen molar-refractivity contribution < 1.29 is 9.59 Å². The predicted molar refractivity (Wildman–Crippen MR) is 105 cm³/mol. The molecule has 0 aliphatic carbocycles. The molecule has 0 spiro atoms. The highest BCUT2D eigenvalue weighted by Gasteiger charge is 2.21. The molecule has 0 atom stereocenters. The van der Waals surface area contributed by atoms with Gasteiger partial charge in [0, 0.05) is 17.0 Å². The average molecular weight is 413 g/mol. The number of halogens is 2. The van der Waals surface area contributed by atoms with Crippen molar-refractivity contribution >= 4 is 51.5 Å². The average Bonchev–Trinajstić information content (AvgIpc) is 3.08. The van der Waals surface area contributed by atoms with E-state index >= 15 is 0 Å². The number of likely N-dealkylation sites (tertiary alicyclic amines) is 1. The molecule has 1 aromatic heterocycles. The minimum Gasteiger partial charge on any atom is -0.348 e. The molecule has 0 unspecified atom stereocenters. The molecular weight excluding hydrogens is 395 g/mol. The molecule has 26 heavy (non-hydrogen) atoms. The lowest BCUT2D eigenvalue weighted by Gasteiger charge is -2.29. The summed E-state index contributed by atoms with van der Waals surface area (Å²) in [5.41, 5.74) is 0.672. The molecule has 0 saturated carbocycles. The molecule has 2 N–H and O–H groups in total. The number of aromatic nitrogens is 1. The Hall–Kier alpha value is -1.67. The first-order valence-electron chi connectivity index (χ1n) is 8.13. The number of hydrogen-bond donors (Lipinski definition) is 2. The van der Waals surface area contributed by atoms with E-state index in [1.165, 1.54) is 17.4 Å². The van der Waals surface area contributed by atoms with Crippen molar-refractivity contribution in [3.05, 3.63) is 44.9 Å². The molecule has 9 heteroatoms. The van der Waals surface area contributed by atoms with Crippen molar-refractivity contribution in [2.75, 3.05) is 25.5 Å². The van der Waals surface area contributed by atoms with Crippen LogP contribution in [0, 0.1) is 0 Å². The number of nitrogens with one attached hydrogen (secondary N) is 2. The summed E-state index contributed by atoms with van der Waals surface area (Å²) in [6.45, 7) is 1.93. The summed E-state index contributed by atoms with van der Waals surface area (Å²) in [4.78, 5) is 31.0. The summed E-state index contributed by atoms with van der Waals surface area (Å²) in [5, 5.41) is 8.34. The van der Waals surface area contributed by atoms with Crippen LogP contribution in [0.25, 0.3) is 0 Å². The van der Waals surface area contributed by atoms with Crippen LogP contribution in [-0.4, -0.2) is 47.9 Å². The van der Waals surface area contributed by atoms with Gasteiger partial charge in [0.15, 0.2) is 5.13 Å². The van der Waals surface area contributed by atoms with Crippen LogP contribution < -0.4 is 10.6 Å². The monoisotopic (exact) mass is 412 g/mol. The van der Waals surface area contributed by atoms with Gasteiger partial charge in [-0.3, -0.25) is 14.9 Å². The number of thiazole rings is 1. The van der Waals surface area contributed by atoms with Gasteiger partial charge in [-0.25, -0.2) is 4.98 Å². The first-order chi connectivity index (χ1) is 12.4. The van der Waals surface area contributed by atoms with Gasteiger partial charge in [-0.2, -0.15) is 0 Å². The highest BCUT2D eigenvalue weighted by Crippen LogP contribution is 2.24. The Morgan fingerprint density at radius 1 is 1.19 bits per heavy atom. The number of anilines is 1. The minimum absolute atomic E-state index is 0.162. The van der Waals surface area contributed by atoms with Gasteiger partial charge in [-0.05, 0) is 51.2 Å². The molecule has 3 rings (SSSR count). The lowest BCUT2D eigenvalue weighted by molar-refractivity contribution is 0.0911. The number of carbonyl (C=O) groups is 2. The molecule has 1 fully saturated rings. The van der Waals surface area contributed by atoms with Crippen LogP contribution in [-0.2, 0) is 0 Å². The standard InChI is InChI=1S/C17H18Cl2N4O2S/c1-23-6-4-11(5-7-23)20-16(25)14-9-26-17(21-14)22-15(24)10-2-3-12(18)13(19)8-10/h2-3,8-9,11H,4-7H2,1H3,(H,20,25)(H,21,22,24). The van der Waals surface area contributed by atoms with Crippen molar-refractivity contribution in [2.45, 2.75) is 18.9 Å². The normalized spacial score (nSPS) is 15.7. The zero-order valence-corrected chi connectivity index (χ0v) is 16.4. The quantitative estimate of drug-likeness (QED) is 0.805. The van der Waals surface area contributed by atoms with Crippen LogP contribution in [0.4, 0.5) is 5.13 Å². The maximum atomic E-state index is 12.3. The van der Waals surface area contributed by atoms with Crippen molar-refractivity contribution in [3.63, 3.8) is 0 Å². The van der Waals surface area contributed by atoms with Crippen LogP contribution in [0.15, 0.2) is 23.6 Å². The molecule has 2 amide bonds. The van der Waals surface area contributed by atoms with E-state index in [0.717, 1.165) is 25.9 Å². The number of amides is 2. The largest absolute Gasteiger partial charge is 0.348 e. The lowest BCUT2D eigenvalue weighted by atomic mass is 10.1. The molecule has 1 aromatic carbocycles. The third-order valence-corrected chi connectivity index (χ3v) is 5.69. The Kier molecular flexibility index (Phi) is 6.13. The second-order valence-electron chi connectivity index (χ2n) is 6.17. The molecule has 138 valence electrons. The van der Waals surface area contributed by atoms with E-state index in [-0.39, 0.29) is 17.9 Å². The maximum Gasteiger partial charge on any atom is 0.271 e. The summed E-state index contributed by atoms with van der Waals surface area (Å²) in [6, 6.07) is 4.78. The molecule has 2 heterocycles. The molecule has 0 radical (unpaired) electrons. The first-order valence-corrected chi connectivity index (χ1v) is 9.77. The van der Waals surface area contributed by atoms with Gasteiger partial charge in [0.05, 0.1) is 10.0 Å². The topological polar surface area (TPSA) is 74.3 Å². The molecule has 1 aliphatic heterocycles. The fourth-order valence-electron chi connectivity index (χ4n) is 2.65. The fourth-order valence-corrected chi connectivity index (χ4v) is 3.64. The fraction of sp³-hybridized carbons (Fsp3) is 0.353. The SMILES string of the molecule is CN1CCC(NC(=O)c2csc(NC(=O)c3ccc(Cl)c(Cl)c3)n2)CC1. The number of nitrogens with zero attached hydrogens (tertiary/aromatic N) is 2. The van der Waals surface area contributed by atoms with Crippen molar-refractivity contribution in [1.29, 1.82) is 0 Å².